The first kappa shape index (κ1) is 14.0. The second-order valence-electron chi connectivity index (χ2n) is 5.38. The molecule has 1 aromatic heterocycles. The normalized spacial score (nSPS) is 16.4. The minimum atomic E-state index is -0.383. The van der Waals surface area contributed by atoms with Gasteiger partial charge in [0.2, 0.25) is 0 Å². The third-order valence-electron chi connectivity index (χ3n) is 4.07. The van der Waals surface area contributed by atoms with Crippen molar-refractivity contribution in [1.82, 2.24) is 9.55 Å². The van der Waals surface area contributed by atoms with E-state index in [1.807, 2.05) is 11.6 Å². The highest BCUT2D eigenvalue weighted by Crippen LogP contribution is 2.21. The Morgan fingerprint density at radius 1 is 1.43 bits per heavy atom. The number of fused-ring (bicyclic) bond motifs is 1. The third kappa shape index (κ3) is 2.88. The van der Waals surface area contributed by atoms with Crippen molar-refractivity contribution in [3.05, 3.63) is 34.1 Å². The number of nitrogens with one attached hydrogen (secondary N) is 1. The fourth-order valence-corrected chi connectivity index (χ4v) is 2.77. The van der Waals surface area contributed by atoms with E-state index in [1.165, 1.54) is 11.0 Å². The van der Waals surface area contributed by atoms with Crippen LogP contribution in [0.25, 0.3) is 11.0 Å². The van der Waals surface area contributed by atoms with Crippen molar-refractivity contribution in [2.45, 2.75) is 6.42 Å². The Morgan fingerprint density at radius 2 is 2.19 bits per heavy atom. The number of nitro groups is 1. The van der Waals surface area contributed by atoms with Crippen molar-refractivity contribution in [3.8, 4) is 0 Å². The molecule has 0 bridgehead atoms. The predicted octanol–water partition coefficient (Wildman–Crippen LogP) is -0.0609. The topological polar surface area (TPSA) is 74.6 Å². The van der Waals surface area contributed by atoms with E-state index in [-0.39, 0.29) is 10.6 Å². The summed E-state index contributed by atoms with van der Waals surface area (Å²) in [6, 6.07) is 4.84. The van der Waals surface area contributed by atoms with E-state index in [2.05, 4.69) is 4.98 Å². The van der Waals surface area contributed by atoms with Gasteiger partial charge in [0.05, 0.1) is 42.1 Å². The van der Waals surface area contributed by atoms with Crippen LogP contribution in [0.15, 0.2) is 18.2 Å². The average Bonchev–Trinajstić information content (AvgIpc) is 2.82. The molecule has 2 aromatic rings. The molecule has 1 aromatic carbocycles. The van der Waals surface area contributed by atoms with Crippen LogP contribution in [0, 0.1) is 10.1 Å². The van der Waals surface area contributed by atoms with Crippen molar-refractivity contribution in [2.75, 3.05) is 32.8 Å². The number of nitrogens with zero attached hydrogens (tertiary/aromatic N) is 3. The summed E-state index contributed by atoms with van der Waals surface area (Å²) in [7, 11) is 1.96. The lowest BCUT2D eigenvalue weighted by atomic mass is 10.3. The number of ether oxygens (including phenoxy) is 1. The predicted molar refractivity (Wildman–Crippen MR) is 77.5 cm³/mol. The summed E-state index contributed by atoms with van der Waals surface area (Å²) < 4.78 is 7.38. The standard InChI is InChI=1S/C14H18N4O3/c1-16-13-3-2-11(18(19)20)10-12(13)15-14(16)4-5-17-6-8-21-9-7-17/h2-3,10H,4-9H2,1H3/p+1. The van der Waals surface area contributed by atoms with Gasteiger partial charge in [0, 0.05) is 19.2 Å². The largest absolute Gasteiger partial charge is 0.370 e. The summed E-state index contributed by atoms with van der Waals surface area (Å²) in [6.07, 6.45) is 0.869. The fraction of sp³-hybridized carbons (Fsp3) is 0.500. The number of nitro benzene ring substituents is 1. The minimum absolute atomic E-state index is 0.0888. The lowest BCUT2D eigenvalue weighted by molar-refractivity contribution is -0.907. The van der Waals surface area contributed by atoms with Crippen LogP contribution in [0.1, 0.15) is 5.82 Å². The molecule has 0 aliphatic carbocycles. The molecule has 112 valence electrons. The van der Waals surface area contributed by atoms with Gasteiger partial charge in [-0.2, -0.15) is 0 Å². The van der Waals surface area contributed by atoms with Gasteiger partial charge in [0.1, 0.15) is 18.9 Å². The second-order valence-corrected chi connectivity index (χ2v) is 5.38. The maximum absolute atomic E-state index is 10.8. The quantitative estimate of drug-likeness (QED) is 0.632. The van der Waals surface area contributed by atoms with E-state index in [0.717, 1.165) is 50.6 Å². The van der Waals surface area contributed by atoms with Crippen LogP contribution in [-0.2, 0) is 18.2 Å². The maximum atomic E-state index is 10.8. The Bertz CT molecular complexity index is 662. The van der Waals surface area contributed by atoms with Gasteiger partial charge in [-0.25, -0.2) is 4.98 Å². The highest BCUT2D eigenvalue weighted by atomic mass is 16.6. The molecule has 0 atom stereocenters. The minimum Gasteiger partial charge on any atom is -0.370 e. The number of hydrogen-bond donors (Lipinski definition) is 1. The van der Waals surface area contributed by atoms with Gasteiger partial charge in [-0.1, -0.05) is 0 Å². The summed E-state index contributed by atoms with van der Waals surface area (Å²) in [5.41, 5.74) is 1.72. The van der Waals surface area contributed by atoms with Crippen LogP contribution in [0.3, 0.4) is 0 Å². The van der Waals surface area contributed by atoms with Gasteiger partial charge in [-0.3, -0.25) is 10.1 Å². The lowest BCUT2D eigenvalue weighted by Crippen LogP contribution is -3.14. The van der Waals surface area contributed by atoms with E-state index in [1.54, 1.807) is 12.1 Å². The molecule has 1 aliphatic heterocycles. The molecule has 21 heavy (non-hydrogen) atoms. The summed E-state index contributed by atoms with van der Waals surface area (Å²) >= 11 is 0. The van der Waals surface area contributed by atoms with Crippen LogP contribution >= 0.6 is 0 Å². The number of imidazole rings is 1. The summed E-state index contributed by atoms with van der Waals surface area (Å²) in [6.45, 7) is 4.74. The Labute approximate surface area is 122 Å². The molecule has 0 unspecified atom stereocenters. The molecule has 0 spiro atoms. The molecular weight excluding hydrogens is 272 g/mol. The molecule has 0 saturated carbocycles. The van der Waals surface area contributed by atoms with E-state index < -0.39 is 0 Å². The van der Waals surface area contributed by atoms with Crippen LogP contribution in [0.2, 0.25) is 0 Å². The number of hydrogen-bond acceptors (Lipinski definition) is 4. The SMILES string of the molecule is Cn1c(CC[NH+]2CCOCC2)nc2cc([N+](=O)[O-])ccc21. The van der Waals surface area contributed by atoms with Crippen molar-refractivity contribution in [3.63, 3.8) is 0 Å². The number of morpholine rings is 1. The van der Waals surface area contributed by atoms with Crippen molar-refractivity contribution >= 4 is 16.7 Å². The number of benzene rings is 1. The smallest absolute Gasteiger partial charge is 0.271 e. The Morgan fingerprint density at radius 3 is 2.90 bits per heavy atom. The lowest BCUT2D eigenvalue weighted by Gasteiger charge is -2.23. The number of non-ortho nitro benzene ring substituents is 1. The molecule has 1 N–H and O–H groups in total. The highest BCUT2D eigenvalue weighted by molar-refractivity contribution is 5.78. The third-order valence-corrected chi connectivity index (χ3v) is 4.07. The summed E-state index contributed by atoms with van der Waals surface area (Å²) in [4.78, 5) is 16.5. The molecule has 7 heteroatoms. The van der Waals surface area contributed by atoms with Gasteiger partial charge in [0.25, 0.3) is 5.69 Å². The first-order chi connectivity index (χ1) is 10.1. The molecule has 2 heterocycles. The zero-order valence-electron chi connectivity index (χ0n) is 12.0. The molecule has 1 saturated heterocycles. The van der Waals surface area contributed by atoms with Crippen molar-refractivity contribution < 1.29 is 14.6 Å². The molecular formula is C14H19N4O3+. The maximum Gasteiger partial charge on any atom is 0.271 e. The molecule has 0 amide bonds. The number of rotatable bonds is 4. The Kier molecular flexibility index (Phi) is 3.85. The van der Waals surface area contributed by atoms with Crippen molar-refractivity contribution in [1.29, 1.82) is 0 Å². The molecule has 1 aliphatic rings. The second kappa shape index (κ2) is 5.79. The van der Waals surface area contributed by atoms with Crippen LogP contribution in [0.5, 0.6) is 0 Å². The Hall–Kier alpha value is -1.99. The zero-order chi connectivity index (χ0) is 14.8. The highest BCUT2D eigenvalue weighted by Gasteiger charge is 2.17. The average molecular weight is 291 g/mol. The van der Waals surface area contributed by atoms with E-state index in [4.69, 9.17) is 4.74 Å². The monoisotopic (exact) mass is 291 g/mol. The van der Waals surface area contributed by atoms with E-state index in [9.17, 15) is 10.1 Å². The number of aromatic nitrogens is 2. The molecule has 3 rings (SSSR count). The zero-order valence-corrected chi connectivity index (χ0v) is 12.0. The molecule has 7 nitrogen and oxygen atoms in total. The first-order valence-electron chi connectivity index (χ1n) is 7.16. The molecule has 1 fully saturated rings. The summed E-state index contributed by atoms with van der Waals surface area (Å²) in [5.74, 6) is 0.976. The van der Waals surface area contributed by atoms with Crippen molar-refractivity contribution in [2.24, 2.45) is 7.05 Å². The van der Waals surface area contributed by atoms with E-state index >= 15 is 0 Å². The number of quaternary nitrogens is 1. The number of aryl methyl sites for hydroxylation is 1. The van der Waals surface area contributed by atoms with Gasteiger partial charge in [-0.05, 0) is 6.07 Å². The Balaban J connectivity index is 1.78. The van der Waals surface area contributed by atoms with Crippen LogP contribution < -0.4 is 4.90 Å². The van der Waals surface area contributed by atoms with Gasteiger partial charge in [-0.15, -0.1) is 0 Å². The van der Waals surface area contributed by atoms with Crippen LogP contribution in [-0.4, -0.2) is 47.3 Å². The van der Waals surface area contributed by atoms with Gasteiger partial charge in [0.15, 0.2) is 0 Å². The summed E-state index contributed by atoms with van der Waals surface area (Å²) in [5, 5.41) is 10.8. The van der Waals surface area contributed by atoms with Gasteiger partial charge < -0.3 is 14.2 Å². The van der Waals surface area contributed by atoms with E-state index in [0.29, 0.717) is 5.52 Å². The fourth-order valence-electron chi connectivity index (χ4n) is 2.77. The molecule has 0 radical (unpaired) electrons. The van der Waals surface area contributed by atoms with Gasteiger partial charge >= 0.3 is 0 Å². The van der Waals surface area contributed by atoms with Crippen LogP contribution in [0.4, 0.5) is 5.69 Å². The first-order valence-corrected chi connectivity index (χ1v) is 7.16.